The quantitative estimate of drug-likeness (QED) is 0.719. The van der Waals surface area contributed by atoms with Gasteiger partial charge in [0.15, 0.2) is 0 Å². The highest BCUT2D eigenvalue weighted by Gasteiger charge is 2.15. The van der Waals surface area contributed by atoms with E-state index in [0.717, 1.165) is 11.3 Å². The summed E-state index contributed by atoms with van der Waals surface area (Å²) in [6.45, 7) is 2.38. The summed E-state index contributed by atoms with van der Waals surface area (Å²) in [5.74, 6) is 0.406. The molecule has 0 saturated heterocycles. The Morgan fingerprint density at radius 2 is 1.88 bits per heavy atom. The number of aromatic carboxylic acids is 1. The number of urea groups is 1. The molecule has 2 amide bonds. The zero-order chi connectivity index (χ0) is 17.5. The van der Waals surface area contributed by atoms with Gasteiger partial charge in [0.2, 0.25) is 0 Å². The summed E-state index contributed by atoms with van der Waals surface area (Å²) in [5.41, 5.74) is 0.978. The number of carbonyl (C=O) groups is 2. The lowest BCUT2D eigenvalue weighted by atomic mass is 10.1. The molecule has 1 aromatic carbocycles. The monoisotopic (exact) mass is 332 g/mol. The van der Waals surface area contributed by atoms with Crippen LogP contribution in [-0.4, -0.2) is 40.3 Å². The molecule has 0 unspecified atom stereocenters. The molecule has 2 aromatic rings. The number of benzene rings is 1. The molecule has 0 radical (unpaired) electrons. The third-order valence-corrected chi connectivity index (χ3v) is 3.44. The van der Waals surface area contributed by atoms with Crippen LogP contribution in [0.4, 0.5) is 4.79 Å². The Hall–Kier alpha value is -2.80. The Morgan fingerprint density at radius 1 is 1.17 bits per heavy atom. The molecule has 128 valence electrons. The fourth-order valence-corrected chi connectivity index (χ4v) is 2.19. The SMILES string of the molecule is Cc1ccc(CN(CCO)C(=O)NCc2ccc(C(=O)O)cc2)o1. The van der Waals surface area contributed by atoms with E-state index in [9.17, 15) is 9.59 Å². The van der Waals surface area contributed by atoms with E-state index in [4.69, 9.17) is 14.6 Å². The van der Waals surface area contributed by atoms with Crippen LogP contribution in [0.3, 0.4) is 0 Å². The van der Waals surface area contributed by atoms with Gasteiger partial charge in [-0.05, 0) is 36.8 Å². The maximum atomic E-state index is 12.3. The van der Waals surface area contributed by atoms with Crippen molar-refractivity contribution < 1.29 is 24.2 Å². The third kappa shape index (κ3) is 4.85. The van der Waals surface area contributed by atoms with Gasteiger partial charge in [0.05, 0.1) is 18.7 Å². The highest BCUT2D eigenvalue weighted by atomic mass is 16.4. The van der Waals surface area contributed by atoms with Crippen molar-refractivity contribution >= 4 is 12.0 Å². The molecule has 0 aliphatic heterocycles. The van der Waals surface area contributed by atoms with Crippen LogP contribution >= 0.6 is 0 Å². The predicted molar refractivity (Wildman–Crippen MR) is 86.6 cm³/mol. The second-order valence-corrected chi connectivity index (χ2v) is 5.32. The summed E-state index contributed by atoms with van der Waals surface area (Å²) in [4.78, 5) is 24.5. The number of hydrogen-bond acceptors (Lipinski definition) is 4. The minimum atomic E-state index is -0.992. The minimum Gasteiger partial charge on any atom is -0.478 e. The lowest BCUT2D eigenvalue weighted by Crippen LogP contribution is -2.40. The van der Waals surface area contributed by atoms with Gasteiger partial charge >= 0.3 is 12.0 Å². The number of carboxylic acids is 1. The molecule has 0 aliphatic carbocycles. The fraction of sp³-hybridized carbons (Fsp3) is 0.294. The number of rotatable bonds is 7. The Morgan fingerprint density at radius 3 is 2.42 bits per heavy atom. The summed E-state index contributed by atoms with van der Waals surface area (Å²) >= 11 is 0. The Kier molecular flexibility index (Phi) is 5.97. The smallest absolute Gasteiger partial charge is 0.335 e. The number of hydrogen-bond donors (Lipinski definition) is 3. The Bertz CT molecular complexity index is 693. The molecular formula is C17H20N2O5. The van der Waals surface area contributed by atoms with E-state index < -0.39 is 5.97 Å². The van der Waals surface area contributed by atoms with Crippen LogP contribution in [-0.2, 0) is 13.1 Å². The summed E-state index contributed by atoms with van der Waals surface area (Å²) in [6.07, 6.45) is 0. The first-order chi connectivity index (χ1) is 11.5. The van der Waals surface area contributed by atoms with Gasteiger partial charge in [-0.15, -0.1) is 0 Å². The van der Waals surface area contributed by atoms with Gasteiger partial charge in [0.1, 0.15) is 11.5 Å². The Labute approximate surface area is 139 Å². The normalized spacial score (nSPS) is 10.4. The molecule has 1 heterocycles. The second kappa shape index (κ2) is 8.16. The molecule has 0 aliphatic rings. The highest BCUT2D eigenvalue weighted by Crippen LogP contribution is 2.10. The molecule has 1 aromatic heterocycles. The summed E-state index contributed by atoms with van der Waals surface area (Å²) in [5, 5.41) is 20.7. The largest absolute Gasteiger partial charge is 0.478 e. The second-order valence-electron chi connectivity index (χ2n) is 5.32. The van der Waals surface area contributed by atoms with E-state index in [0.29, 0.717) is 5.76 Å². The van der Waals surface area contributed by atoms with Gasteiger partial charge in [0, 0.05) is 13.1 Å². The van der Waals surface area contributed by atoms with Crippen LogP contribution in [0.2, 0.25) is 0 Å². The number of furan rings is 1. The molecule has 0 fully saturated rings. The van der Waals surface area contributed by atoms with E-state index in [1.54, 1.807) is 18.2 Å². The van der Waals surface area contributed by atoms with E-state index in [2.05, 4.69) is 5.32 Å². The fourth-order valence-electron chi connectivity index (χ4n) is 2.19. The number of carbonyl (C=O) groups excluding carboxylic acids is 1. The van der Waals surface area contributed by atoms with E-state index in [1.807, 2.05) is 13.0 Å². The van der Waals surface area contributed by atoms with E-state index in [-0.39, 0.29) is 37.8 Å². The zero-order valence-electron chi connectivity index (χ0n) is 13.4. The van der Waals surface area contributed by atoms with Crippen molar-refractivity contribution in [3.05, 3.63) is 59.0 Å². The van der Waals surface area contributed by atoms with Crippen molar-refractivity contribution in [2.75, 3.05) is 13.2 Å². The van der Waals surface area contributed by atoms with Gasteiger partial charge in [-0.1, -0.05) is 12.1 Å². The predicted octanol–water partition coefficient (Wildman–Crippen LogP) is 1.99. The average molecular weight is 332 g/mol. The van der Waals surface area contributed by atoms with E-state index in [1.165, 1.54) is 17.0 Å². The first-order valence-corrected chi connectivity index (χ1v) is 7.51. The minimum absolute atomic E-state index is 0.152. The molecule has 0 saturated carbocycles. The van der Waals surface area contributed by atoms with Crippen molar-refractivity contribution in [1.82, 2.24) is 10.2 Å². The lowest BCUT2D eigenvalue weighted by molar-refractivity contribution is 0.0697. The first-order valence-electron chi connectivity index (χ1n) is 7.51. The first kappa shape index (κ1) is 17.6. The maximum absolute atomic E-state index is 12.3. The van der Waals surface area contributed by atoms with Crippen molar-refractivity contribution in [3.8, 4) is 0 Å². The van der Waals surface area contributed by atoms with Crippen molar-refractivity contribution in [2.24, 2.45) is 0 Å². The molecular weight excluding hydrogens is 312 g/mol. The molecule has 7 nitrogen and oxygen atoms in total. The van der Waals surface area contributed by atoms with Crippen molar-refractivity contribution in [2.45, 2.75) is 20.0 Å². The number of aliphatic hydroxyl groups excluding tert-OH is 1. The number of carboxylic acid groups (broad SMARTS) is 1. The van der Waals surface area contributed by atoms with Gasteiger partial charge in [-0.2, -0.15) is 0 Å². The standard InChI is InChI=1S/C17H20N2O5/c1-12-2-7-15(24-12)11-19(8-9-20)17(23)18-10-13-3-5-14(6-4-13)16(21)22/h2-7,20H,8-11H2,1H3,(H,18,23)(H,21,22). The highest BCUT2D eigenvalue weighted by molar-refractivity contribution is 5.87. The molecule has 3 N–H and O–H groups in total. The molecule has 24 heavy (non-hydrogen) atoms. The molecule has 0 bridgehead atoms. The topological polar surface area (TPSA) is 103 Å². The van der Waals surface area contributed by atoms with Crippen LogP contribution in [0.5, 0.6) is 0 Å². The van der Waals surface area contributed by atoms with Gasteiger partial charge in [0.25, 0.3) is 0 Å². The van der Waals surface area contributed by atoms with Gasteiger partial charge in [-0.3, -0.25) is 0 Å². The zero-order valence-corrected chi connectivity index (χ0v) is 13.4. The van der Waals surface area contributed by atoms with Crippen LogP contribution < -0.4 is 5.32 Å². The maximum Gasteiger partial charge on any atom is 0.335 e. The number of aliphatic hydroxyl groups is 1. The molecule has 0 atom stereocenters. The third-order valence-electron chi connectivity index (χ3n) is 3.44. The summed E-state index contributed by atoms with van der Waals surface area (Å²) < 4.78 is 5.45. The number of amides is 2. The Balaban J connectivity index is 1.93. The summed E-state index contributed by atoms with van der Waals surface area (Å²) in [7, 11) is 0. The lowest BCUT2D eigenvalue weighted by Gasteiger charge is -2.21. The molecule has 2 rings (SSSR count). The summed E-state index contributed by atoms with van der Waals surface area (Å²) in [6, 6.07) is 9.54. The number of aryl methyl sites for hydroxylation is 1. The van der Waals surface area contributed by atoms with Crippen LogP contribution in [0, 0.1) is 6.92 Å². The van der Waals surface area contributed by atoms with Gasteiger partial charge < -0.3 is 24.8 Å². The van der Waals surface area contributed by atoms with Crippen LogP contribution in [0.25, 0.3) is 0 Å². The number of nitrogens with zero attached hydrogens (tertiary/aromatic N) is 1. The molecule has 7 heteroatoms. The van der Waals surface area contributed by atoms with Crippen LogP contribution in [0.1, 0.15) is 27.4 Å². The van der Waals surface area contributed by atoms with Crippen molar-refractivity contribution in [1.29, 1.82) is 0 Å². The van der Waals surface area contributed by atoms with Crippen molar-refractivity contribution in [3.63, 3.8) is 0 Å². The number of nitrogens with one attached hydrogen (secondary N) is 1. The molecule has 0 spiro atoms. The van der Waals surface area contributed by atoms with Gasteiger partial charge in [-0.25, -0.2) is 9.59 Å². The van der Waals surface area contributed by atoms with E-state index >= 15 is 0 Å². The average Bonchev–Trinajstić information content (AvgIpc) is 2.97. The van der Waals surface area contributed by atoms with Crippen LogP contribution in [0.15, 0.2) is 40.8 Å².